The SMILES string of the molecule is [2H]C([2H])(OP1(=O)OCc2cccc(C)c2O1)[C@@]1(F)O[C@@H](n2ccc(=S)[nH]c2=O)[C@H](O)[C@@H]1O. The lowest BCUT2D eigenvalue weighted by molar-refractivity contribution is -0.205. The fraction of sp³-hybridized carbons (Fsp3) is 0.412. The summed E-state index contributed by atoms with van der Waals surface area (Å²) in [5.41, 5.74) is 0.168. The van der Waals surface area contributed by atoms with Gasteiger partial charge in [0, 0.05) is 11.8 Å². The van der Waals surface area contributed by atoms with Crippen molar-refractivity contribution in [3.05, 3.63) is 56.7 Å². The van der Waals surface area contributed by atoms with Crippen molar-refractivity contribution in [2.75, 3.05) is 6.56 Å². The van der Waals surface area contributed by atoms with E-state index in [1.165, 1.54) is 6.07 Å². The minimum absolute atomic E-state index is 0.0460. The van der Waals surface area contributed by atoms with Crippen LogP contribution in [0.4, 0.5) is 4.39 Å². The van der Waals surface area contributed by atoms with E-state index < -0.39 is 44.4 Å². The molecule has 2 aromatic rings. The van der Waals surface area contributed by atoms with Gasteiger partial charge in [0.2, 0.25) is 0 Å². The number of nitrogens with zero attached hydrogens (tertiary/aromatic N) is 1. The number of phosphoric ester groups is 1. The predicted molar refractivity (Wildman–Crippen MR) is 102 cm³/mol. The third-order valence-electron chi connectivity index (χ3n) is 4.58. The standard InChI is InChI=1S/C17H18FN2O8PS/c1-9-3-2-4-10-7-25-29(24,28-13(9)10)26-8-17(18)14(22)12(21)15(27-17)20-6-5-11(30)19-16(20)23/h2-6,12,14-15,21-22H,7-8H2,1H3,(H,19,23,30)/t12-,14+,15-,17-,29?/m1/s1/i8D2. The second-order valence-electron chi connectivity index (χ2n) is 6.67. The highest BCUT2D eigenvalue weighted by Gasteiger charge is 2.57. The van der Waals surface area contributed by atoms with Crippen LogP contribution in [0, 0.1) is 11.6 Å². The molecule has 1 aromatic carbocycles. The number of para-hydroxylation sites is 1. The molecule has 0 aliphatic carbocycles. The second kappa shape index (κ2) is 7.65. The monoisotopic (exact) mass is 462 g/mol. The van der Waals surface area contributed by atoms with E-state index in [9.17, 15) is 19.6 Å². The first-order valence-corrected chi connectivity index (χ1v) is 10.5. The van der Waals surface area contributed by atoms with Gasteiger partial charge in [-0.1, -0.05) is 30.4 Å². The molecule has 1 fully saturated rings. The van der Waals surface area contributed by atoms with Crippen molar-refractivity contribution in [1.29, 1.82) is 0 Å². The number of phosphoric acid groups is 1. The molecule has 0 spiro atoms. The molecule has 0 bridgehead atoms. The number of aliphatic hydroxyl groups excluding tert-OH is 2. The Labute approximate surface area is 177 Å². The fourth-order valence-corrected chi connectivity index (χ4v) is 4.34. The third kappa shape index (κ3) is 3.76. The normalized spacial score (nSPS) is 34.6. The van der Waals surface area contributed by atoms with Gasteiger partial charge in [0.05, 0.1) is 9.35 Å². The topological polar surface area (TPSA) is 132 Å². The Morgan fingerprint density at radius 3 is 3.00 bits per heavy atom. The number of rotatable bonds is 4. The number of halogens is 1. The Hall–Kier alpha value is -1.92. The lowest BCUT2D eigenvalue weighted by atomic mass is 10.1. The van der Waals surface area contributed by atoms with Crippen molar-refractivity contribution < 1.29 is 40.2 Å². The van der Waals surface area contributed by atoms with Crippen LogP contribution in [0.3, 0.4) is 0 Å². The van der Waals surface area contributed by atoms with Crippen LogP contribution in [0.25, 0.3) is 0 Å². The predicted octanol–water partition coefficient (Wildman–Crippen LogP) is 1.86. The largest absolute Gasteiger partial charge is 0.530 e. The number of hydrogen-bond acceptors (Lipinski definition) is 9. The molecule has 0 amide bonds. The zero-order valence-electron chi connectivity index (χ0n) is 17.4. The summed E-state index contributed by atoms with van der Waals surface area (Å²) in [5, 5.41) is 20.5. The van der Waals surface area contributed by atoms with Gasteiger partial charge in [0.1, 0.15) is 29.2 Å². The van der Waals surface area contributed by atoms with Gasteiger partial charge in [-0.3, -0.25) is 18.6 Å². The summed E-state index contributed by atoms with van der Waals surface area (Å²) >= 11 is 4.80. The Balaban J connectivity index is 1.63. The zero-order chi connectivity index (χ0) is 23.5. The van der Waals surface area contributed by atoms with Gasteiger partial charge in [-0.05, 0) is 18.6 Å². The van der Waals surface area contributed by atoms with Gasteiger partial charge < -0.3 is 19.5 Å². The first kappa shape index (κ1) is 18.8. The molecule has 1 unspecified atom stereocenters. The Kier molecular flexibility index (Phi) is 4.80. The van der Waals surface area contributed by atoms with Crippen LogP contribution in [-0.4, -0.2) is 44.4 Å². The van der Waals surface area contributed by atoms with Crippen LogP contribution in [0.1, 0.15) is 20.1 Å². The maximum atomic E-state index is 15.7. The highest BCUT2D eigenvalue weighted by molar-refractivity contribution is 7.71. The van der Waals surface area contributed by atoms with Gasteiger partial charge >= 0.3 is 13.5 Å². The summed E-state index contributed by atoms with van der Waals surface area (Å²) in [6, 6.07) is 6.22. The number of aliphatic hydroxyl groups is 2. The molecule has 1 saturated heterocycles. The van der Waals surface area contributed by atoms with Crippen molar-refractivity contribution in [3.63, 3.8) is 0 Å². The van der Waals surface area contributed by atoms with Crippen LogP contribution in [0.2, 0.25) is 0 Å². The van der Waals surface area contributed by atoms with Crippen molar-refractivity contribution in [1.82, 2.24) is 9.55 Å². The molecular formula is C17H18FN2O8PS. The van der Waals surface area contributed by atoms with E-state index in [-0.39, 0.29) is 17.0 Å². The van der Waals surface area contributed by atoms with Crippen molar-refractivity contribution in [2.24, 2.45) is 0 Å². The quantitative estimate of drug-likeness (QED) is 0.460. The van der Waals surface area contributed by atoms with E-state index in [0.717, 1.165) is 6.20 Å². The number of nitrogens with one attached hydrogen (secondary N) is 1. The molecule has 0 saturated carbocycles. The summed E-state index contributed by atoms with van der Waals surface area (Å²) < 4.78 is 65.3. The van der Waals surface area contributed by atoms with Crippen LogP contribution >= 0.6 is 20.0 Å². The number of aromatic nitrogens is 2. The molecule has 10 nitrogen and oxygen atoms in total. The Morgan fingerprint density at radius 1 is 1.50 bits per heavy atom. The summed E-state index contributed by atoms with van der Waals surface area (Å²) in [5.74, 6) is -3.64. The molecule has 1 aromatic heterocycles. The number of aryl methyl sites for hydroxylation is 1. The fourth-order valence-electron chi connectivity index (χ4n) is 3.03. The number of hydrogen-bond donors (Lipinski definition) is 3. The lowest BCUT2D eigenvalue weighted by Gasteiger charge is -2.29. The number of aromatic amines is 1. The zero-order valence-corrected chi connectivity index (χ0v) is 17.1. The molecule has 3 N–H and O–H groups in total. The first-order valence-electron chi connectivity index (χ1n) is 9.65. The molecule has 2 aliphatic heterocycles. The average Bonchev–Trinajstić information content (AvgIpc) is 2.94. The average molecular weight is 462 g/mol. The Morgan fingerprint density at radius 2 is 2.27 bits per heavy atom. The van der Waals surface area contributed by atoms with Gasteiger partial charge in [-0.25, -0.2) is 13.8 Å². The van der Waals surface area contributed by atoms with E-state index in [0.29, 0.717) is 15.7 Å². The maximum absolute atomic E-state index is 15.7. The van der Waals surface area contributed by atoms with Crippen molar-refractivity contribution >= 4 is 20.0 Å². The minimum Gasteiger partial charge on any atom is -0.403 e. The highest BCUT2D eigenvalue weighted by atomic mass is 32.1. The van der Waals surface area contributed by atoms with Crippen LogP contribution < -0.4 is 10.2 Å². The molecular weight excluding hydrogens is 442 g/mol. The minimum atomic E-state index is -4.72. The molecule has 13 heteroatoms. The smallest absolute Gasteiger partial charge is 0.403 e. The van der Waals surface area contributed by atoms with Gasteiger partial charge in [0.15, 0.2) is 6.23 Å². The van der Waals surface area contributed by atoms with Crippen LogP contribution in [-0.2, 0) is 25.0 Å². The number of alkyl halides is 1. The number of H-pyrrole nitrogens is 1. The molecule has 3 heterocycles. The maximum Gasteiger partial charge on any atom is 0.530 e. The number of ether oxygens (including phenoxy) is 1. The first-order chi connectivity index (χ1) is 14.9. The van der Waals surface area contributed by atoms with Crippen molar-refractivity contribution in [3.8, 4) is 5.75 Å². The van der Waals surface area contributed by atoms with Gasteiger partial charge in [0.25, 0.3) is 5.85 Å². The van der Waals surface area contributed by atoms with Gasteiger partial charge in [-0.15, -0.1) is 0 Å². The summed E-state index contributed by atoms with van der Waals surface area (Å²) in [6.45, 7) is -2.27. The summed E-state index contributed by atoms with van der Waals surface area (Å²) in [4.78, 5) is 14.3. The molecule has 2 aliphatic rings. The van der Waals surface area contributed by atoms with E-state index in [4.69, 9.17) is 33.3 Å². The molecule has 162 valence electrons. The number of fused-ring (bicyclic) bond motifs is 1. The summed E-state index contributed by atoms with van der Waals surface area (Å²) in [6.07, 6.45) is -5.43. The van der Waals surface area contributed by atoms with E-state index in [1.807, 2.05) is 0 Å². The molecule has 30 heavy (non-hydrogen) atoms. The molecule has 4 rings (SSSR count). The van der Waals surface area contributed by atoms with E-state index in [1.54, 1.807) is 25.1 Å². The van der Waals surface area contributed by atoms with E-state index in [2.05, 4.69) is 4.98 Å². The summed E-state index contributed by atoms with van der Waals surface area (Å²) in [7, 11) is -4.72. The van der Waals surface area contributed by atoms with E-state index >= 15 is 4.39 Å². The third-order valence-corrected chi connectivity index (χ3v) is 5.99. The second-order valence-corrected chi connectivity index (χ2v) is 8.63. The molecule has 5 atom stereocenters. The Bertz CT molecular complexity index is 1230. The number of benzene rings is 1. The lowest BCUT2D eigenvalue weighted by Crippen LogP contribution is -2.43. The van der Waals surface area contributed by atoms with Crippen LogP contribution in [0.15, 0.2) is 35.3 Å². The highest BCUT2D eigenvalue weighted by Crippen LogP contribution is 2.56. The molecule has 0 radical (unpaired) electrons. The van der Waals surface area contributed by atoms with Crippen molar-refractivity contribution in [2.45, 2.75) is 37.8 Å². The van der Waals surface area contributed by atoms with Crippen LogP contribution in [0.5, 0.6) is 5.75 Å². The van der Waals surface area contributed by atoms with Gasteiger partial charge in [-0.2, -0.15) is 0 Å².